The van der Waals surface area contributed by atoms with Gasteiger partial charge in [0.05, 0.1) is 19.2 Å². The van der Waals surface area contributed by atoms with E-state index in [1.165, 1.54) is 0 Å². The number of fused-ring (bicyclic) bond motifs is 1. The quantitative estimate of drug-likeness (QED) is 0.896. The Kier molecular flexibility index (Phi) is 4.86. The number of benzene rings is 1. The Labute approximate surface area is 135 Å². The summed E-state index contributed by atoms with van der Waals surface area (Å²) in [6, 6.07) is 5.51. The summed E-state index contributed by atoms with van der Waals surface area (Å²) < 4.78 is 5.68. The van der Waals surface area contributed by atoms with Crippen LogP contribution in [0, 0.1) is 0 Å². The number of nitrogens with zero attached hydrogens (tertiary/aromatic N) is 2. The SMILES string of the molecule is O=C(CN1CCCC(O)C1)N1CCOc2ccc(Cl)cc2C1. The molecule has 22 heavy (non-hydrogen) atoms. The highest BCUT2D eigenvalue weighted by atomic mass is 35.5. The van der Waals surface area contributed by atoms with Crippen molar-refractivity contribution in [1.82, 2.24) is 9.80 Å². The first-order chi connectivity index (χ1) is 10.6. The van der Waals surface area contributed by atoms with Gasteiger partial charge in [-0.05, 0) is 37.6 Å². The van der Waals surface area contributed by atoms with Crippen molar-refractivity contribution in [2.24, 2.45) is 0 Å². The molecule has 2 aliphatic heterocycles. The normalized spacial score (nSPS) is 22.6. The van der Waals surface area contributed by atoms with E-state index in [1.807, 2.05) is 21.9 Å². The van der Waals surface area contributed by atoms with Crippen LogP contribution in [-0.2, 0) is 11.3 Å². The van der Waals surface area contributed by atoms with Crippen molar-refractivity contribution >= 4 is 17.5 Å². The number of hydrogen-bond donors (Lipinski definition) is 1. The molecule has 1 fully saturated rings. The van der Waals surface area contributed by atoms with Gasteiger partial charge in [-0.3, -0.25) is 9.69 Å². The molecule has 1 unspecified atom stereocenters. The van der Waals surface area contributed by atoms with Gasteiger partial charge in [-0.25, -0.2) is 0 Å². The fourth-order valence-electron chi connectivity index (χ4n) is 3.04. The maximum absolute atomic E-state index is 12.5. The van der Waals surface area contributed by atoms with E-state index in [0.717, 1.165) is 30.7 Å². The minimum absolute atomic E-state index is 0.0746. The second-order valence-corrected chi connectivity index (χ2v) is 6.38. The van der Waals surface area contributed by atoms with Crippen molar-refractivity contribution in [3.63, 3.8) is 0 Å². The third kappa shape index (κ3) is 3.72. The molecule has 0 spiro atoms. The van der Waals surface area contributed by atoms with Crippen molar-refractivity contribution in [1.29, 1.82) is 0 Å². The highest BCUT2D eigenvalue weighted by Gasteiger charge is 2.24. The maximum atomic E-state index is 12.5. The summed E-state index contributed by atoms with van der Waals surface area (Å²) >= 11 is 6.03. The predicted octanol–water partition coefficient (Wildman–Crippen LogP) is 1.52. The summed E-state index contributed by atoms with van der Waals surface area (Å²) in [5.41, 5.74) is 0.942. The first kappa shape index (κ1) is 15.6. The predicted molar refractivity (Wildman–Crippen MR) is 84.0 cm³/mol. The Bertz CT molecular complexity index is 552. The molecule has 0 bridgehead atoms. The average Bonchev–Trinajstić information content (AvgIpc) is 2.69. The van der Waals surface area contributed by atoms with Gasteiger partial charge < -0.3 is 14.7 Å². The van der Waals surface area contributed by atoms with Crippen molar-refractivity contribution in [3.8, 4) is 5.75 Å². The molecule has 0 radical (unpaired) electrons. The zero-order chi connectivity index (χ0) is 15.5. The highest BCUT2D eigenvalue weighted by molar-refractivity contribution is 6.30. The maximum Gasteiger partial charge on any atom is 0.237 e. The van der Waals surface area contributed by atoms with E-state index < -0.39 is 0 Å². The molecule has 0 aliphatic carbocycles. The van der Waals surface area contributed by atoms with E-state index in [4.69, 9.17) is 16.3 Å². The first-order valence-corrected chi connectivity index (χ1v) is 8.09. The smallest absolute Gasteiger partial charge is 0.237 e. The van der Waals surface area contributed by atoms with Crippen LogP contribution in [0.2, 0.25) is 5.02 Å². The number of carbonyl (C=O) groups excluding carboxylic acids is 1. The van der Waals surface area contributed by atoms with Crippen LogP contribution >= 0.6 is 11.6 Å². The van der Waals surface area contributed by atoms with E-state index in [2.05, 4.69) is 0 Å². The molecule has 3 rings (SSSR count). The molecule has 6 heteroatoms. The van der Waals surface area contributed by atoms with Crippen molar-refractivity contribution < 1.29 is 14.6 Å². The van der Waals surface area contributed by atoms with Gasteiger partial charge in [-0.1, -0.05) is 11.6 Å². The molecular formula is C16H21ClN2O3. The van der Waals surface area contributed by atoms with Gasteiger partial charge in [0, 0.05) is 23.7 Å². The molecule has 1 saturated heterocycles. The molecule has 1 amide bonds. The van der Waals surface area contributed by atoms with Crippen molar-refractivity contribution in [2.75, 3.05) is 32.8 Å². The molecular weight excluding hydrogens is 304 g/mol. The fraction of sp³-hybridized carbons (Fsp3) is 0.562. The van der Waals surface area contributed by atoms with Crippen LogP contribution < -0.4 is 4.74 Å². The zero-order valence-electron chi connectivity index (χ0n) is 12.5. The standard InChI is InChI=1S/C16H21ClN2O3/c17-13-3-4-15-12(8-13)9-19(6-7-22-15)16(21)11-18-5-1-2-14(20)10-18/h3-4,8,14,20H,1-2,5-7,9-11H2. The van der Waals surface area contributed by atoms with Crippen LogP contribution in [-0.4, -0.2) is 59.7 Å². The largest absolute Gasteiger partial charge is 0.491 e. The summed E-state index contributed by atoms with van der Waals surface area (Å²) in [5, 5.41) is 10.4. The molecule has 1 aromatic carbocycles. The van der Waals surface area contributed by atoms with E-state index >= 15 is 0 Å². The molecule has 2 aliphatic rings. The van der Waals surface area contributed by atoms with Gasteiger partial charge in [0.15, 0.2) is 0 Å². The molecule has 0 saturated carbocycles. The number of ether oxygens (including phenoxy) is 1. The number of β-amino-alcohol motifs (C(OH)–C–C–N with tert-alkyl or cyclic N) is 1. The topological polar surface area (TPSA) is 53.0 Å². The molecule has 0 aromatic heterocycles. The number of likely N-dealkylation sites (tertiary alicyclic amines) is 1. The van der Waals surface area contributed by atoms with Crippen LogP contribution in [0.15, 0.2) is 18.2 Å². The van der Waals surface area contributed by atoms with Crippen LogP contribution in [0.3, 0.4) is 0 Å². The lowest BCUT2D eigenvalue weighted by atomic mass is 10.1. The number of amides is 1. The summed E-state index contributed by atoms with van der Waals surface area (Å²) in [5.74, 6) is 0.874. The minimum Gasteiger partial charge on any atom is -0.491 e. The first-order valence-electron chi connectivity index (χ1n) is 7.71. The molecule has 5 nitrogen and oxygen atoms in total. The number of halogens is 1. The number of hydrogen-bond acceptors (Lipinski definition) is 4. The molecule has 120 valence electrons. The number of aliphatic hydroxyl groups is 1. The van der Waals surface area contributed by atoms with E-state index in [1.54, 1.807) is 6.07 Å². The minimum atomic E-state index is -0.312. The van der Waals surface area contributed by atoms with Crippen LogP contribution in [0.4, 0.5) is 0 Å². The molecule has 2 heterocycles. The number of piperidine rings is 1. The van der Waals surface area contributed by atoms with Gasteiger partial charge in [-0.2, -0.15) is 0 Å². The van der Waals surface area contributed by atoms with Gasteiger partial charge in [0.1, 0.15) is 12.4 Å². The lowest BCUT2D eigenvalue weighted by Crippen LogP contribution is -2.45. The molecule has 1 atom stereocenters. The van der Waals surface area contributed by atoms with E-state index in [0.29, 0.717) is 37.8 Å². The molecule has 1 N–H and O–H groups in total. The Morgan fingerprint density at radius 2 is 2.27 bits per heavy atom. The number of aliphatic hydroxyl groups excluding tert-OH is 1. The summed E-state index contributed by atoms with van der Waals surface area (Å²) in [4.78, 5) is 16.4. The Balaban J connectivity index is 1.65. The number of carbonyl (C=O) groups is 1. The zero-order valence-corrected chi connectivity index (χ0v) is 13.3. The second kappa shape index (κ2) is 6.86. The summed E-state index contributed by atoms with van der Waals surface area (Å²) in [7, 11) is 0. The third-order valence-electron chi connectivity index (χ3n) is 4.19. The van der Waals surface area contributed by atoms with Gasteiger partial charge in [-0.15, -0.1) is 0 Å². The monoisotopic (exact) mass is 324 g/mol. The Hall–Kier alpha value is -1.30. The van der Waals surface area contributed by atoms with Gasteiger partial charge >= 0.3 is 0 Å². The van der Waals surface area contributed by atoms with E-state index in [-0.39, 0.29) is 12.0 Å². The average molecular weight is 325 g/mol. The van der Waals surface area contributed by atoms with E-state index in [9.17, 15) is 9.90 Å². The lowest BCUT2D eigenvalue weighted by molar-refractivity contribution is -0.133. The van der Waals surface area contributed by atoms with Crippen molar-refractivity contribution in [2.45, 2.75) is 25.5 Å². The summed E-state index contributed by atoms with van der Waals surface area (Å²) in [6.07, 6.45) is 1.46. The molecule has 1 aromatic rings. The third-order valence-corrected chi connectivity index (χ3v) is 4.43. The number of rotatable bonds is 2. The second-order valence-electron chi connectivity index (χ2n) is 5.95. The van der Waals surface area contributed by atoms with Crippen LogP contribution in [0.1, 0.15) is 18.4 Å². The fourth-order valence-corrected chi connectivity index (χ4v) is 3.24. The lowest BCUT2D eigenvalue weighted by Gasteiger charge is -2.31. The van der Waals surface area contributed by atoms with Crippen LogP contribution in [0.25, 0.3) is 0 Å². The summed E-state index contributed by atoms with van der Waals surface area (Å²) in [6.45, 7) is 3.39. The Morgan fingerprint density at radius 3 is 3.09 bits per heavy atom. The Morgan fingerprint density at radius 1 is 1.41 bits per heavy atom. The highest BCUT2D eigenvalue weighted by Crippen LogP contribution is 2.26. The van der Waals surface area contributed by atoms with Crippen molar-refractivity contribution in [3.05, 3.63) is 28.8 Å². The van der Waals surface area contributed by atoms with Gasteiger partial charge in [0.2, 0.25) is 5.91 Å². The van der Waals surface area contributed by atoms with Crippen LogP contribution in [0.5, 0.6) is 5.75 Å². The van der Waals surface area contributed by atoms with Gasteiger partial charge in [0.25, 0.3) is 0 Å².